The number of piperidine rings is 1. The van der Waals surface area contributed by atoms with Gasteiger partial charge in [0, 0.05) is 24.5 Å². The summed E-state index contributed by atoms with van der Waals surface area (Å²) in [6, 6.07) is 7.44. The molecule has 1 aromatic carbocycles. The second-order valence-electron chi connectivity index (χ2n) is 5.88. The van der Waals surface area contributed by atoms with E-state index in [2.05, 4.69) is 10.2 Å². The summed E-state index contributed by atoms with van der Waals surface area (Å²) in [5, 5.41) is 14.0. The highest BCUT2D eigenvalue weighted by atomic mass is 35.5. The van der Waals surface area contributed by atoms with E-state index in [4.69, 9.17) is 11.6 Å². The van der Waals surface area contributed by atoms with E-state index in [-0.39, 0.29) is 11.8 Å². The second-order valence-corrected chi connectivity index (χ2v) is 6.32. The maximum atomic E-state index is 11.5. The molecule has 1 saturated heterocycles. The lowest BCUT2D eigenvalue weighted by atomic mass is 9.87. The monoisotopic (exact) mass is 324 g/mol. The molecule has 0 aliphatic carbocycles. The molecule has 1 aromatic rings. The Labute approximate surface area is 137 Å². The lowest BCUT2D eigenvalue weighted by Gasteiger charge is -2.34. The molecule has 22 heavy (non-hydrogen) atoms. The van der Waals surface area contributed by atoms with Gasteiger partial charge < -0.3 is 15.3 Å². The first-order chi connectivity index (χ1) is 10.6. The van der Waals surface area contributed by atoms with Gasteiger partial charge in [-0.2, -0.15) is 0 Å². The van der Waals surface area contributed by atoms with E-state index < -0.39 is 6.10 Å². The first-order valence-corrected chi connectivity index (χ1v) is 8.40. The summed E-state index contributed by atoms with van der Waals surface area (Å²) in [6.45, 7) is 5.30. The smallest absolute Gasteiger partial charge is 0.221 e. The quantitative estimate of drug-likeness (QED) is 0.845. The molecular weight excluding hydrogens is 300 g/mol. The minimum atomic E-state index is -0.428. The Balaban J connectivity index is 1.76. The Morgan fingerprint density at radius 3 is 2.59 bits per heavy atom. The molecule has 0 bridgehead atoms. The van der Waals surface area contributed by atoms with Crippen molar-refractivity contribution in [3.8, 4) is 0 Å². The van der Waals surface area contributed by atoms with Crippen LogP contribution in [0.4, 0.5) is 0 Å². The summed E-state index contributed by atoms with van der Waals surface area (Å²) in [7, 11) is 0. The van der Waals surface area contributed by atoms with Crippen molar-refractivity contribution in [1.29, 1.82) is 0 Å². The summed E-state index contributed by atoms with van der Waals surface area (Å²) >= 11 is 5.88. The average Bonchev–Trinajstić information content (AvgIpc) is 2.54. The third-order valence-corrected chi connectivity index (χ3v) is 4.57. The maximum absolute atomic E-state index is 11.5. The lowest BCUT2D eigenvalue weighted by Crippen LogP contribution is -2.38. The summed E-state index contributed by atoms with van der Waals surface area (Å²) in [6.07, 6.45) is 2.04. The number of rotatable bonds is 6. The minimum absolute atomic E-state index is 0.117. The molecule has 2 rings (SSSR count). The van der Waals surface area contributed by atoms with Gasteiger partial charge in [-0.1, -0.05) is 23.7 Å². The summed E-state index contributed by atoms with van der Waals surface area (Å²) < 4.78 is 0. The van der Waals surface area contributed by atoms with E-state index >= 15 is 0 Å². The Morgan fingerprint density at radius 2 is 2.00 bits per heavy atom. The number of nitrogens with one attached hydrogen (secondary N) is 1. The van der Waals surface area contributed by atoms with Crippen molar-refractivity contribution in [2.24, 2.45) is 5.92 Å². The number of hydrogen-bond acceptors (Lipinski definition) is 3. The number of hydrogen-bond donors (Lipinski definition) is 2. The molecule has 4 nitrogen and oxygen atoms in total. The highest BCUT2D eigenvalue weighted by Crippen LogP contribution is 2.31. The van der Waals surface area contributed by atoms with E-state index in [9.17, 15) is 9.90 Å². The van der Waals surface area contributed by atoms with Gasteiger partial charge in [0.2, 0.25) is 5.91 Å². The van der Waals surface area contributed by atoms with Crippen molar-refractivity contribution in [2.45, 2.75) is 32.3 Å². The van der Waals surface area contributed by atoms with Gasteiger partial charge in [-0.15, -0.1) is 0 Å². The van der Waals surface area contributed by atoms with Gasteiger partial charge in [0.25, 0.3) is 0 Å². The van der Waals surface area contributed by atoms with Crippen molar-refractivity contribution >= 4 is 17.5 Å². The van der Waals surface area contributed by atoms with Crippen molar-refractivity contribution in [2.75, 3.05) is 26.2 Å². The van der Waals surface area contributed by atoms with Crippen LogP contribution in [0.25, 0.3) is 0 Å². The van der Waals surface area contributed by atoms with E-state index in [1.54, 1.807) is 0 Å². The zero-order valence-corrected chi connectivity index (χ0v) is 13.9. The van der Waals surface area contributed by atoms with Crippen LogP contribution < -0.4 is 5.32 Å². The van der Waals surface area contributed by atoms with Crippen LogP contribution in [-0.4, -0.2) is 42.1 Å². The molecular formula is C17H25ClN2O2. The molecule has 1 aliphatic rings. The zero-order chi connectivity index (χ0) is 15.9. The van der Waals surface area contributed by atoms with Crippen LogP contribution in [-0.2, 0) is 4.79 Å². The predicted molar refractivity (Wildman–Crippen MR) is 88.9 cm³/mol. The van der Waals surface area contributed by atoms with Gasteiger partial charge in [-0.25, -0.2) is 0 Å². The molecule has 1 heterocycles. The summed E-state index contributed by atoms with van der Waals surface area (Å²) in [5.41, 5.74) is 0.935. The third-order valence-electron chi connectivity index (χ3n) is 4.32. The fourth-order valence-corrected chi connectivity index (χ4v) is 3.10. The number of benzene rings is 1. The molecule has 0 saturated carbocycles. The van der Waals surface area contributed by atoms with E-state index in [1.165, 1.54) is 0 Å². The molecule has 122 valence electrons. The van der Waals surface area contributed by atoms with Crippen LogP contribution in [0.15, 0.2) is 24.3 Å². The lowest BCUT2D eigenvalue weighted by molar-refractivity contribution is -0.121. The average molecular weight is 325 g/mol. The second kappa shape index (κ2) is 8.51. The van der Waals surface area contributed by atoms with Crippen LogP contribution in [0.1, 0.15) is 37.9 Å². The largest absolute Gasteiger partial charge is 0.388 e. The SMILES string of the molecule is CCNC(=O)CCN1CCC(C(O)c2ccc(Cl)cc2)CC1. The highest BCUT2D eigenvalue weighted by molar-refractivity contribution is 6.30. The van der Waals surface area contributed by atoms with Crippen molar-refractivity contribution in [3.05, 3.63) is 34.9 Å². The molecule has 0 radical (unpaired) electrons. The van der Waals surface area contributed by atoms with Gasteiger partial charge in [0.1, 0.15) is 0 Å². The molecule has 1 aliphatic heterocycles. The van der Waals surface area contributed by atoms with Crippen LogP contribution in [0.2, 0.25) is 5.02 Å². The zero-order valence-electron chi connectivity index (χ0n) is 13.1. The number of aliphatic hydroxyl groups excluding tert-OH is 1. The van der Waals surface area contributed by atoms with Gasteiger partial charge in [-0.05, 0) is 56.5 Å². The molecule has 2 N–H and O–H groups in total. The minimum Gasteiger partial charge on any atom is -0.388 e. The van der Waals surface area contributed by atoms with Crippen molar-refractivity contribution < 1.29 is 9.90 Å². The van der Waals surface area contributed by atoms with E-state index in [1.807, 2.05) is 31.2 Å². The number of halogens is 1. The molecule has 0 aromatic heterocycles. The summed E-state index contributed by atoms with van der Waals surface area (Å²) in [4.78, 5) is 13.8. The Bertz CT molecular complexity index is 470. The standard InChI is InChI=1S/C17H25ClN2O2/c1-2-19-16(21)9-12-20-10-7-14(8-11-20)17(22)13-3-5-15(18)6-4-13/h3-6,14,17,22H,2,7-12H2,1H3,(H,19,21). The van der Waals surface area contributed by atoms with Crippen LogP contribution in [0.5, 0.6) is 0 Å². The van der Waals surface area contributed by atoms with E-state index in [0.717, 1.165) is 38.0 Å². The van der Waals surface area contributed by atoms with Gasteiger partial charge in [0.15, 0.2) is 0 Å². The number of likely N-dealkylation sites (tertiary alicyclic amines) is 1. The van der Waals surface area contributed by atoms with Crippen LogP contribution >= 0.6 is 11.6 Å². The number of amides is 1. The van der Waals surface area contributed by atoms with Crippen molar-refractivity contribution in [3.63, 3.8) is 0 Å². The summed E-state index contributed by atoms with van der Waals surface area (Å²) in [5.74, 6) is 0.396. The van der Waals surface area contributed by atoms with Gasteiger partial charge in [0.05, 0.1) is 6.10 Å². The molecule has 1 atom stereocenters. The first kappa shape index (κ1) is 17.3. The molecule has 1 unspecified atom stereocenters. The molecule has 1 fully saturated rings. The first-order valence-electron chi connectivity index (χ1n) is 8.02. The number of aliphatic hydroxyl groups is 1. The fourth-order valence-electron chi connectivity index (χ4n) is 2.97. The number of carbonyl (C=O) groups is 1. The highest BCUT2D eigenvalue weighted by Gasteiger charge is 2.26. The van der Waals surface area contributed by atoms with Gasteiger partial charge in [-0.3, -0.25) is 4.79 Å². The third kappa shape index (κ3) is 4.97. The van der Waals surface area contributed by atoms with Crippen LogP contribution in [0, 0.1) is 5.92 Å². The van der Waals surface area contributed by atoms with Gasteiger partial charge >= 0.3 is 0 Å². The van der Waals surface area contributed by atoms with E-state index in [0.29, 0.717) is 18.0 Å². The predicted octanol–water partition coefficient (Wildman–Crippen LogP) is 2.61. The van der Waals surface area contributed by atoms with Crippen LogP contribution in [0.3, 0.4) is 0 Å². The fraction of sp³-hybridized carbons (Fsp3) is 0.588. The van der Waals surface area contributed by atoms with Crippen molar-refractivity contribution in [1.82, 2.24) is 10.2 Å². The Morgan fingerprint density at radius 1 is 1.36 bits per heavy atom. The Hall–Kier alpha value is -1.10. The normalized spacial score (nSPS) is 18.1. The number of carbonyl (C=O) groups excluding carboxylic acids is 1. The topological polar surface area (TPSA) is 52.6 Å². The number of nitrogens with zero attached hydrogens (tertiary/aromatic N) is 1. The molecule has 1 amide bonds. The Kier molecular flexibility index (Phi) is 6.68. The molecule has 0 spiro atoms. The molecule has 5 heteroatoms. The maximum Gasteiger partial charge on any atom is 0.221 e.